The number of nitrogens with one attached hydrogen (secondary N) is 1. The first kappa shape index (κ1) is 12.4. The van der Waals surface area contributed by atoms with Gasteiger partial charge < -0.3 is 10.1 Å². The van der Waals surface area contributed by atoms with E-state index in [1.807, 2.05) is 13.0 Å². The number of carboxylic acid groups (broad SMARTS) is 1. The van der Waals surface area contributed by atoms with Gasteiger partial charge in [0, 0.05) is 22.2 Å². The van der Waals surface area contributed by atoms with Crippen LogP contribution in [-0.2, 0) is 4.79 Å². The lowest BCUT2D eigenvalue weighted by atomic mass is 10.1. The van der Waals surface area contributed by atoms with E-state index in [1.165, 1.54) is 6.08 Å². The van der Waals surface area contributed by atoms with Gasteiger partial charge in [-0.05, 0) is 42.1 Å². The Hall–Kier alpha value is -2.07. The van der Waals surface area contributed by atoms with Gasteiger partial charge in [-0.15, -0.1) is 0 Å². The van der Waals surface area contributed by atoms with Crippen molar-refractivity contribution in [1.29, 1.82) is 0 Å². The molecule has 0 amide bonds. The summed E-state index contributed by atoms with van der Waals surface area (Å²) < 4.78 is 0. The van der Waals surface area contributed by atoms with Crippen LogP contribution >= 0.6 is 11.6 Å². The molecular formula is C13H10ClNO3. The Balaban J connectivity index is 2.65. The number of aromatic nitrogens is 1. The molecule has 0 bridgehead atoms. The normalized spacial score (nSPS) is 11.2. The molecule has 0 radical (unpaired) electrons. The first-order valence-corrected chi connectivity index (χ1v) is 5.59. The zero-order valence-electron chi connectivity index (χ0n) is 9.53. The van der Waals surface area contributed by atoms with Gasteiger partial charge in [0.1, 0.15) is 0 Å². The molecule has 0 spiro atoms. The van der Waals surface area contributed by atoms with Gasteiger partial charge >= 0.3 is 5.97 Å². The van der Waals surface area contributed by atoms with E-state index in [9.17, 15) is 9.59 Å². The van der Waals surface area contributed by atoms with Crippen LogP contribution in [0.4, 0.5) is 0 Å². The SMILES string of the molecule is Cc1cc2cc(/C=C/C(=O)O)c(=O)[nH]c2cc1Cl. The summed E-state index contributed by atoms with van der Waals surface area (Å²) >= 11 is 5.97. The third kappa shape index (κ3) is 2.43. The summed E-state index contributed by atoms with van der Waals surface area (Å²) in [5, 5.41) is 9.93. The first-order valence-electron chi connectivity index (χ1n) is 5.21. The maximum Gasteiger partial charge on any atom is 0.328 e. The van der Waals surface area contributed by atoms with Crippen molar-refractivity contribution in [2.45, 2.75) is 6.92 Å². The standard InChI is InChI=1S/C13H10ClNO3/c1-7-4-9-5-8(2-3-12(16)17)13(18)15-11(9)6-10(7)14/h2-6H,1H3,(H,15,18)(H,16,17)/b3-2+. The van der Waals surface area contributed by atoms with E-state index >= 15 is 0 Å². The monoisotopic (exact) mass is 263 g/mol. The van der Waals surface area contributed by atoms with Crippen LogP contribution in [0.1, 0.15) is 11.1 Å². The molecule has 0 aliphatic heterocycles. The second kappa shape index (κ2) is 4.66. The zero-order valence-corrected chi connectivity index (χ0v) is 10.3. The number of carbonyl (C=O) groups is 1. The fourth-order valence-corrected chi connectivity index (χ4v) is 1.81. The average molecular weight is 264 g/mol. The van der Waals surface area contributed by atoms with Gasteiger partial charge in [0.2, 0.25) is 0 Å². The number of rotatable bonds is 2. The van der Waals surface area contributed by atoms with Crippen LogP contribution < -0.4 is 5.56 Å². The summed E-state index contributed by atoms with van der Waals surface area (Å²) in [4.78, 5) is 24.8. The van der Waals surface area contributed by atoms with E-state index in [1.54, 1.807) is 12.1 Å². The molecule has 4 nitrogen and oxygen atoms in total. The summed E-state index contributed by atoms with van der Waals surface area (Å²) in [6.45, 7) is 1.86. The second-order valence-corrected chi connectivity index (χ2v) is 4.32. The number of pyridine rings is 1. The van der Waals surface area contributed by atoms with E-state index in [-0.39, 0.29) is 5.56 Å². The van der Waals surface area contributed by atoms with Gasteiger partial charge in [0.15, 0.2) is 0 Å². The highest BCUT2D eigenvalue weighted by Crippen LogP contribution is 2.21. The molecule has 92 valence electrons. The number of hydrogen-bond donors (Lipinski definition) is 2. The number of halogens is 1. The van der Waals surface area contributed by atoms with Crippen molar-refractivity contribution in [2.75, 3.05) is 0 Å². The van der Waals surface area contributed by atoms with Crippen molar-refractivity contribution in [3.63, 3.8) is 0 Å². The molecular weight excluding hydrogens is 254 g/mol. The fraction of sp³-hybridized carbons (Fsp3) is 0.0769. The van der Waals surface area contributed by atoms with E-state index in [0.717, 1.165) is 17.0 Å². The Morgan fingerprint density at radius 1 is 1.39 bits per heavy atom. The van der Waals surface area contributed by atoms with E-state index in [2.05, 4.69) is 4.98 Å². The summed E-state index contributed by atoms with van der Waals surface area (Å²) in [6, 6.07) is 5.15. The number of fused-ring (bicyclic) bond motifs is 1. The predicted octanol–water partition coefficient (Wildman–Crippen LogP) is 2.59. The summed E-state index contributed by atoms with van der Waals surface area (Å²) in [6.07, 6.45) is 2.20. The van der Waals surface area contributed by atoms with Crippen LogP contribution in [0.3, 0.4) is 0 Å². The Labute approximate surface area is 108 Å². The fourth-order valence-electron chi connectivity index (χ4n) is 1.64. The molecule has 1 aromatic carbocycles. The summed E-state index contributed by atoms with van der Waals surface area (Å²) in [5.74, 6) is -1.10. The number of carboxylic acids is 1. The number of aryl methyl sites for hydroxylation is 1. The lowest BCUT2D eigenvalue weighted by molar-refractivity contribution is -0.131. The molecule has 0 atom stereocenters. The molecule has 0 saturated heterocycles. The Morgan fingerprint density at radius 2 is 2.11 bits per heavy atom. The van der Waals surface area contributed by atoms with Crippen molar-refractivity contribution >= 4 is 34.5 Å². The summed E-state index contributed by atoms with van der Waals surface area (Å²) in [7, 11) is 0. The quantitative estimate of drug-likeness (QED) is 0.818. The summed E-state index contributed by atoms with van der Waals surface area (Å²) in [5.41, 5.74) is 1.47. The van der Waals surface area contributed by atoms with Crippen molar-refractivity contribution in [2.24, 2.45) is 0 Å². The van der Waals surface area contributed by atoms with Gasteiger partial charge in [0.05, 0.1) is 0 Å². The second-order valence-electron chi connectivity index (χ2n) is 3.91. The molecule has 5 heteroatoms. The lowest BCUT2D eigenvalue weighted by Crippen LogP contribution is -2.09. The highest BCUT2D eigenvalue weighted by atomic mass is 35.5. The highest BCUT2D eigenvalue weighted by molar-refractivity contribution is 6.32. The molecule has 2 aromatic rings. The Bertz CT molecular complexity index is 716. The molecule has 1 heterocycles. The van der Waals surface area contributed by atoms with Gasteiger partial charge in [0.25, 0.3) is 5.56 Å². The lowest BCUT2D eigenvalue weighted by Gasteiger charge is -2.03. The number of H-pyrrole nitrogens is 1. The molecule has 2 N–H and O–H groups in total. The van der Waals surface area contributed by atoms with Crippen LogP contribution in [-0.4, -0.2) is 16.1 Å². The van der Waals surface area contributed by atoms with Crippen molar-refractivity contribution in [1.82, 2.24) is 4.98 Å². The van der Waals surface area contributed by atoms with Gasteiger partial charge in [-0.1, -0.05) is 11.6 Å². The number of aliphatic carboxylic acids is 1. The maximum absolute atomic E-state index is 11.7. The molecule has 2 rings (SSSR count). The van der Waals surface area contributed by atoms with Crippen LogP contribution in [0.15, 0.2) is 29.1 Å². The number of benzene rings is 1. The van der Waals surface area contributed by atoms with Crippen LogP contribution in [0.25, 0.3) is 17.0 Å². The minimum Gasteiger partial charge on any atom is -0.478 e. The van der Waals surface area contributed by atoms with Crippen molar-refractivity contribution < 1.29 is 9.90 Å². The van der Waals surface area contributed by atoms with E-state index < -0.39 is 5.97 Å². The molecule has 1 aromatic heterocycles. The molecule has 0 unspecified atom stereocenters. The van der Waals surface area contributed by atoms with Crippen molar-refractivity contribution in [3.05, 3.63) is 50.8 Å². The molecule has 0 aliphatic carbocycles. The molecule has 0 fully saturated rings. The van der Waals surface area contributed by atoms with E-state index in [4.69, 9.17) is 16.7 Å². The minimum absolute atomic E-state index is 0.298. The zero-order chi connectivity index (χ0) is 13.3. The van der Waals surface area contributed by atoms with Crippen LogP contribution in [0.5, 0.6) is 0 Å². The molecule has 0 saturated carbocycles. The van der Waals surface area contributed by atoms with E-state index in [0.29, 0.717) is 16.1 Å². The maximum atomic E-state index is 11.7. The largest absolute Gasteiger partial charge is 0.478 e. The Morgan fingerprint density at radius 3 is 2.78 bits per heavy atom. The topological polar surface area (TPSA) is 70.2 Å². The molecule has 18 heavy (non-hydrogen) atoms. The molecule has 0 aliphatic rings. The van der Waals surface area contributed by atoms with Gasteiger partial charge in [-0.3, -0.25) is 4.79 Å². The van der Waals surface area contributed by atoms with Crippen LogP contribution in [0.2, 0.25) is 5.02 Å². The van der Waals surface area contributed by atoms with Gasteiger partial charge in [-0.25, -0.2) is 4.79 Å². The average Bonchev–Trinajstić information content (AvgIpc) is 2.29. The third-order valence-corrected chi connectivity index (χ3v) is 2.96. The van der Waals surface area contributed by atoms with Crippen LogP contribution in [0, 0.1) is 6.92 Å². The Kier molecular flexibility index (Phi) is 3.21. The number of hydrogen-bond acceptors (Lipinski definition) is 2. The third-order valence-electron chi connectivity index (χ3n) is 2.56. The smallest absolute Gasteiger partial charge is 0.328 e. The minimum atomic E-state index is -1.10. The predicted molar refractivity (Wildman–Crippen MR) is 71.0 cm³/mol. The first-order chi connectivity index (χ1) is 8.47. The van der Waals surface area contributed by atoms with Gasteiger partial charge in [-0.2, -0.15) is 0 Å². The highest BCUT2D eigenvalue weighted by Gasteiger charge is 2.03. The number of aromatic amines is 1. The van der Waals surface area contributed by atoms with Crippen molar-refractivity contribution in [3.8, 4) is 0 Å².